The van der Waals surface area contributed by atoms with Crippen LogP contribution in [0.3, 0.4) is 0 Å². The summed E-state index contributed by atoms with van der Waals surface area (Å²) in [5.74, 6) is 0. The standard InChI is InChI=1S/C9H19NO3/c11-5-3-10(9-1-2-9)4-7-13-8-6-12/h9,11-12H,1-8H2. The van der Waals surface area contributed by atoms with Gasteiger partial charge in [-0.15, -0.1) is 0 Å². The lowest BCUT2D eigenvalue weighted by Crippen LogP contribution is -2.32. The van der Waals surface area contributed by atoms with Gasteiger partial charge in [0.15, 0.2) is 0 Å². The molecule has 0 unspecified atom stereocenters. The minimum Gasteiger partial charge on any atom is -0.395 e. The third-order valence-corrected chi connectivity index (χ3v) is 2.21. The zero-order valence-corrected chi connectivity index (χ0v) is 7.98. The van der Waals surface area contributed by atoms with Gasteiger partial charge < -0.3 is 14.9 Å². The first-order valence-corrected chi connectivity index (χ1v) is 4.92. The van der Waals surface area contributed by atoms with E-state index in [1.54, 1.807) is 0 Å². The van der Waals surface area contributed by atoms with Crippen LogP contribution in [-0.2, 0) is 4.74 Å². The quantitative estimate of drug-likeness (QED) is 0.503. The fraction of sp³-hybridized carbons (Fsp3) is 1.00. The zero-order valence-electron chi connectivity index (χ0n) is 7.98. The van der Waals surface area contributed by atoms with E-state index in [-0.39, 0.29) is 13.2 Å². The van der Waals surface area contributed by atoms with Gasteiger partial charge in [0.25, 0.3) is 0 Å². The summed E-state index contributed by atoms with van der Waals surface area (Å²) in [5.41, 5.74) is 0. The van der Waals surface area contributed by atoms with Crippen molar-refractivity contribution in [1.82, 2.24) is 4.90 Å². The predicted octanol–water partition coefficient (Wildman–Crippen LogP) is -0.548. The van der Waals surface area contributed by atoms with E-state index in [0.29, 0.717) is 19.3 Å². The van der Waals surface area contributed by atoms with Gasteiger partial charge in [-0.2, -0.15) is 0 Å². The highest BCUT2D eigenvalue weighted by atomic mass is 16.5. The molecule has 0 saturated heterocycles. The highest BCUT2D eigenvalue weighted by molar-refractivity contribution is 4.84. The van der Waals surface area contributed by atoms with Crippen molar-refractivity contribution in [2.75, 3.05) is 39.5 Å². The van der Waals surface area contributed by atoms with Crippen LogP contribution in [0.15, 0.2) is 0 Å². The van der Waals surface area contributed by atoms with Gasteiger partial charge in [0.1, 0.15) is 0 Å². The third kappa shape index (κ3) is 4.57. The molecule has 0 bridgehead atoms. The summed E-state index contributed by atoms with van der Waals surface area (Å²) >= 11 is 0. The second kappa shape index (κ2) is 6.32. The van der Waals surface area contributed by atoms with Gasteiger partial charge in [-0.3, -0.25) is 4.90 Å². The van der Waals surface area contributed by atoms with Crippen molar-refractivity contribution >= 4 is 0 Å². The van der Waals surface area contributed by atoms with Gasteiger partial charge in [-0.05, 0) is 12.8 Å². The Morgan fingerprint density at radius 1 is 1.08 bits per heavy atom. The van der Waals surface area contributed by atoms with Gasteiger partial charge in [0.05, 0.1) is 26.4 Å². The van der Waals surface area contributed by atoms with Crippen LogP contribution >= 0.6 is 0 Å². The maximum atomic E-state index is 8.79. The summed E-state index contributed by atoms with van der Waals surface area (Å²) in [6, 6.07) is 0.671. The predicted molar refractivity (Wildman–Crippen MR) is 49.6 cm³/mol. The first-order valence-electron chi connectivity index (χ1n) is 4.92. The van der Waals surface area contributed by atoms with Crippen LogP contribution in [-0.4, -0.2) is 60.7 Å². The van der Waals surface area contributed by atoms with Crippen LogP contribution in [0, 0.1) is 0 Å². The minimum absolute atomic E-state index is 0.0867. The van der Waals surface area contributed by atoms with Crippen LogP contribution < -0.4 is 0 Å². The normalized spacial score (nSPS) is 16.8. The first kappa shape index (κ1) is 10.9. The average Bonchev–Trinajstić information content (AvgIpc) is 2.93. The molecule has 1 aliphatic carbocycles. The van der Waals surface area contributed by atoms with E-state index in [0.717, 1.165) is 13.1 Å². The van der Waals surface area contributed by atoms with Gasteiger partial charge in [-0.1, -0.05) is 0 Å². The average molecular weight is 189 g/mol. The Morgan fingerprint density at radius 2 is 1.85 bits per heavy atom. The summed E-state index contributed by atoms with van der Waals surface area (Å²) in [6.07, 6.45) is 2.50. The Labute approximate surface area is 79.1 Å². The molecule has 1 rings (SSSR count). The van der Waals surface area contributed by atoms with Gasteiger partial charge >= 0.3 is 0 Å². The lowest BCUT2D eigenvalue weighted by molar-refractivity contribution is 0.0674. The van der Waals surface area contributed by atoms with Crippen LogP contribution in [0.25, 0.3) is 0 Å². The van der Waals surface area contributed by atoms with Crippen LogP contribution in [0.1, 0.15) is 12.8 Å². The van der Waals surface area contributed by atoms with Gasteiger partial charge in [0.2, 0.25) is 0 Å². The molecule has 0 radical (unpaired) electrons. The molecule has 1 saturated carbocycles. The van der Waals surface area contributed by atoms with Crippen molar-refractivity contribution in [3.05, 3.63) is 0 Å². The number of aliphatic hydroxyl groups is 2. The molecular formula is C9H19NO3. The number of nitrogens with zero attached hydrogens (tertiary/aromatic N) is 1. The maximum Gasteiger partial charge on any atom is 0.0698 e. The lowest BCUT2D eigenvalue weighted by Gasteiger charge is -2.20. The SMILES string of the molecule is OCCOCCN(CCO)C1CC1. The highest BCUT2D eigenvalue weighted by Gasteiger charge is 2.27. The fourth-order valence-electron chi connectivity index (χ4n) is 1.39. The number of hydrogen-bond donors (Lipinski definition) is 2. The Hall–Kier alpha value is -0.160. The molecule has 13 heavy (non-hydrogen) atoms. The number of hydrogen-bond acceptors (Lipinski definition) is 4. The lowest BCUT2D eigenvalue weighted by atomic mass is 10.4. The third-order valence-electron chi connectivity index (χ3n) is 2.21. The van der Waals surface area contributed by atoms with E-state index in [1.165, 1.54) is 12.8 Å². The second-order valence-corrected chi connectivity index (χ2v) is 3.33. The van der Waals surface area contributed by atoms with Gasteiger partial charge in [-0.25, -0.2) is 0 Å². The number of aliphatic hydroxyl groups excluding tert-OH is 2. The van der Waals surface area contributed by atoms with Crippen LogP contribution in [0.5, 0.6) is 0 Å². The molecular weight excluding hydrogens is 170 g/mol. The van der Waals surface area contributed by atoms with E-state index < -0.39 is 0 Å². The second-order valence-electron chi connectivity index (χ2n) is 3.33. The van der Waals surface area contributed by atoms with Crippen LogP contribution in [0.4, 0.5) is 0 Å². The summed E-state index contributed by atoms with van der Waals surface area (Å²) in [6.45, 7) is 2.98. The van der Waals surface area contributed by atoms with Crippen molar-refractivity contribution in [2.24, 2.45) is 0 Å². The Balaban J connectivity index is 2.00. The number of ether oxygens (including phenoxy) is 1. The van der Waals surface area contributed by atoms with Crippen molar-refractivity contribution in [3.63, 3.8) is 0 Å². The van der Waals surface area contributed by atoms with Crippen molar-refractivity contribution in [2.45, 2.75) is 18.9 Å². The molecule has 78 valence electrons. The van der Waals surface area contributed by atoms with E-state index in [1.807, 2.05) is 0 Å². The zero-order chi connectivity index (χ0) is 9.52. The molecule has 4 nitrogen and oxygen atoms in total. The highest BCUT2D eigenvalue weighted by Crippen LogP contribution is 2.25. The van der Waals surface area contributed by atoms with Gasteiger partial charge in [0, 0.05) is 19.1 Å². The smallest absolute Gasteiger partial charge is 0.0698 e. The fourth-order valence-corrected chi connectivity index (χ4v) is 1.39. The molecule has 0 aromatic rings. The molecule has 0 aliphatic heterocycles. The molecule has 4 heteroatoms. The maximum absolute atomic E-state index is 8.79. The van der Waals surface area contributed by atoms with Crippen molar-refractivity contribution in [1.29, 1.82) is 0 Å². The van der Waals surface area contributed by atoms with E-state index in [4.69, 9.17) is 14.9 Å². The molecule has 0 spiro atoms. The topological polar surface area (TPSA) is 52.9 Å². The van der Waals surface area contributed by atoms with Crippen molar-refractivity contribution in [3.8, 4) is 0 Å². The summed E-state index contributed by atoms with van der Waals surface area (Å²) < 4.78 is 5.16. The first-order chi connectivity index (χ1) is 6.38. The molecule has 1 aliphatic rings. The minimum atomic E-state index is 0.0867. The molecule has 1 fully saturated rings. The molecule has 0 aromatic carbocycles. The Morgan fingerprint density at radius 3 is 2.38 bits per heavy atom. The summed E-state index contributed by atoms with van der Waals surface area (Å²) in [5, 5.41) is 17.3. The van der Waals surface area contributed by atoms with E-state index in [9.17, 15) is 0 Å². The van der Waals surface area contributed by atoms with E-state index >= 15 is 0 Å². The summed E-state index contributed by atoms with van der Waals surface area (Å²) in [7, 11) is 0. The van der Waals surface area contributed by atoms with E-state index in [2.05, 4.69) is 4.90 Å². The molecule has 2 N–H and O–H groups in total. The summed E-state index contributed by atoms with van der Waals surface area (Å²) in [4.78, 5) is 2.25. The molecule has 0 heterocycles. The van der Waals surface area contributed by atoms with Crippen molar-refractivity contribution < 1.29 is 14.9 Å². The molecule has 0 aromatic heterocycles. The van der Waals surface area contributed by atoms with Crippen LogP contribution in [0.2, 0.25) is 0 Å². The Bertz CT molecular complexity index is 128. The Kier molecular flexibility index (Phi) is 5.31. The molecule has 0 atom stereocenters. The number of rotatable bonds is 8. The largest absolute Gasteiger partial charge is 0.395 e. The monoisotopic (exact) mass is 189 g/mol. The molecule has 0 amide bonds.